The Hall–Kier alpha value is -2.69. The van der Waals surface area contributed by atoms with Crippen LogP contribution in [0, 0.1) is 5.82 Å². The Labute approximate surface area is 127 Å². The number of benzene rings is 2. The number of rotatable bonds is 2. The molecule has 0 saturated heterocycles. The minimum atomic E-state index is -0.423. The van der Waals surface area contributed by atoms with Crippen LogP contribution in [0.2, 0.25) is 0 Å². The Bertz CT molecular complexity index is 758. The van der Waals surface area contributed by atoms with Gasteiger partial charge in [0, 0.05) is 24.5 Å². The quantitative estimate of drug-likeness (QED) is 0.925. The fraction of sp³-hybridized carbons (Fsp3) is 0.176. The largest absolute Gasteiger partial charge is 0.508 e. The lowest BCUT2D eigenvalue weighted by atomic mass is 9.97. The molecule has 1 aliphatic heterocycles. The molecule has 1 atom stereocenters. The van der Waals surface area contributed by atoms with E-state index in [4.69, 9.17) is 0 Å². The molecule has 4 nitrogen and oxygen atoms in total. The van der Waals surface area contributed by atoms with E-state index in [0.29, 0.717) is 23.3 Å². The van der Waals surface area contributed by atoms with E-state index in [-0.39, 0.29) is 17.5 Å². The van der Waals surface area contributed by atoms with Crippen LogP contribution < -0.4 is 0 Å². The fourth-order valence-electron chi connectivity index (χ4n) is 2.67. The van der Waals surface area contributed by atoms with Gasteiger partial charge >= 0.3 is 0 Å². The van der Waals surface area contributed by atoms with Crippen molar-refractivity contribution in [1.29, 1.82) is 0 Å². The standard InChI is InChI=1S/C17H15FN2O2/c1-11(21)20-16(13-7-3-5-9-17(13)22)10-15(19-20)12-6-2-4-8-14(12)18/h2-9,16,22H,10H2,1H3/t16-/m0/s1. The van der Waals surface area contributed by atoms with Crippen LogP contribution in [0.5, 0.6) is 5.75 Å². The predicted molar refractivity (Wildman–Crippen MR) is 80.9 cm³/mol. The Kier molecular flexibility index (Phi) is 3.63. The minimum absolute atomic E-state index is 0.101. The molecule has 22 heavy (non-hydrogen) atoms. The lowest BCUT2D eigenvalue weighted by Gasteiger charge is -2.21. The summed E-state index contributed by atoms with van der Waals surface area (Å²) in [6.45, 7) is 1.40. The van der Waals surface area contributed by atoms with Crippen molar-refractivity contribution in [2.24, 2.45) is 5.10 Å². The van der Waals surface area contributed by atoms with Gasteiger partial charge in [0.15, 0.2) is 0 Å². The molecule has 0 bridgehead atoms. The zero-order valence-corrected chi connectivity index (χ0v) is 12.0. The molecule has 1 aliphatic rings. The lowest BCUT2D eigenvalue weighted by molar-refractivity contribution is -0.130. The summed E-state index contributed by atoms with van der Waals surface area (Å²) in [6.07, 6.45) is 0.359. The van der Waals surface area contributed by atoms with Crippen LogP contribution in [-0.4, -0.2) is 21.7 Å². The average Bonchev–Trinajstić information content (AvgIpc) is 2.93. The van der Waals surface area contributed by atoms with Gasteiger partial charge in [0.2, 0.25) is 5.91 Å². The molecular formula is C17H15FN2O2. The van der Waals surface area contributed by atoms with Crippen molar-refractivity contribution in [3.8, 4) is 5.75 Å². The molecule has 0 fully saturated rings. The van der Waals surface area contributed by atoms with Gasteiger partial charge in [-0.15, -0.1) is 0 Å². The highest BCUT2D eigenvalue weighted by Crippen LogP contribution is 2.37. The summed E-state index contributed by atoms with van der Waals surface area (Å²) >= 11 is 0. The first kappa shape index (κ1) is 14.3. The van der Waals surface area contributed by atoms with Gasteiger partial charge in [0.1, 0.15) is 11.6 Å². The highest BCUT2D eigenvalue weighted by molar-refractivity contribution is 6.03. The second-order valence-corrected chi connectivity index (χ2v) is 5.17. The van der Waals surface area contributed by atoms with Crippen LogP contribution in [0.25, 0.3) is 0 Å². The van der Waals surface area contributed by atoms with Crippen molar-refractivity contribution < 1.29 is 14.3 Å². The third kappa shape index (κ3) is 2.45. The summed E-state index contributed by atoms with van der Waals surface area (Å²) < 4.78 is 13.9. The van der Waals surface area contributed by atoms with Crippen molar-refractivity contribution in [3.05, 3.63) is 65.5 Å². The maximum atomic E-state index is 13.9. The van der Waals surface area contributed by atoms with E-state index in [2.05, 4.69) is 5.10 Å². The van der Waals surface area contributed by atoms with Gasteiger partial charge < -0.3 is 5.11 Å². The zero-order valence-electron chi connectivity index (χ0n) is 12.0. The van der Waals surface area contributed by atoms with Crippen molar-refractivity contribution in [2.45, 2.75) is 19.4 Å². The summed E-state index contributed by atoms with van der Waals surface area (Å²) in [7, 11) is 0. The maximum absolute atomic E-state index is 13.9. The van der Waals surface area contributed by atoms with Crippen LogP contribution in [0.1, 0.15) is 30.5 Å². The summed E-state index contributed by atoms with van der Waals surface area (Å²) in [4.78, 5) is 11.8. The van der Waals surface area contributed by atoms with E-state index in [1.807, 2.05) is 0 Å². The molecule has 1 heterocycles. The molecule has 0 radical (unpaired) electrons. The van der Waals surface area contributed by atoms with E-state index in [9.17, 15) is 14.3 Å². The number of nitrogens with zero attached hydrogens (tertiary/aromatic N) is 2. The molecule has 3 rings (SSSR count). The molecule has 2 aromatic rings. The number of hydrogen-bond donors (Lipinski definition) is 1. The molecule has 0 aromatic heterocycles. The third-order valence-electron chi connectivity index (χ3n) is 3.71. The zero-order chi connectivity index (χ0) is 15.7. The molecular weight excluding hydrogens is 283 g/mol. The number of halogens is 1. The van der Waals surface area contributed by atoms with Crippen LogP contribution in [0.3, 0.4) is 0 Å². The van der Waals surface area contributed by atoms with Crippen molar-refractivity contribution in [3.63, 3.8) is 0 Å². The molecule has 112 valence electrons. The minimum Gasteiger partial charge on any atom is -0.508 e. The Morgan fingerprint density at radius 3 is 2.59 bits per heavy atom. The van der Waals surface area contributed by atoms with Crippen LogP contribution in [0.4, 0.5) is 4.39 Å². The first-order chi connectivity index (χ1) is 10.6. The number of hydrazone groups is 1. The second kappa shape index (κ2) is 5.60. The van der Waals surface area contributed by atoms with E-state index >= 15 is 0 Å². The van der Waals surface area contributed by atoms with E-state index in [0.717, 1.165) is 0 Å². The number of aromatic hydroxyl groups is 1. The number of para-hydroxylation sites is 1. The van der Waals surface area contributed by atoms with Crippen LogP contribution in [0.15, 0.2) is 53.6 Å². The normalized spacial score (nSPS) is 17.5. The number of carbonyl (C=O) groups is 1. The molecule has 0 spiro atoms. The van der Waals surface area contributed by atoms with Crippen molar-refractivity contribution in [2.75, 3.05) is 0 Å². The van der Waals surface area contributed by atoms with Crippen molar-refractivity contribution >= 4 is 11.6 Å². The highest BCUT2D eigenvalue weighted by Gasteiger charge is 2.33. The number of amides is 1. The van der Waals surface area contributed by atoms with Gasteiger partial charge in [0.05, 0.1) is 11.8 Å². The molecule has 0 aliphatic carbocycles. The SMILES string of the molecule is CC(=O)N1N=C(c2ccccc2F)C[C@H]1c1ccccc1O. The average molecular weight is 298 g/mol. The summed E-state index contributed by atoms with van der Waals surface area (Å²) in [6, 6.07) is 12.7. The van der Waals surface area contributed by atoms with Gasteiger partial charge in [-0.1, -0.05) is 36.4 Å². The summed E-state index contributed by atoms with van der Waals surface area (Å²) in [5, 5.41) is 15.6. The molecule has 0 saturated carbocycles. The second-order valence-electron chi connectivity index (χ2n) is 5.17. The molecule has 5 heteroatoms. The first-order valence-corrected chi connectivity index (χ1v) is 6.98. The maximum Gasteiger partial charge on any atom is 0.240 e. The van der Waals surface area contributed by atoms with Gasteiger partial charge in [0.25, 0.3) is 0 Å². The molecule has 0 unspecified atom stereocenters. The fourth-order valence-corrected chi connectivity index (χ4v) is 2.67. The molecule has 1 amide bonds. The number of hydrogen-bond acceptors (Lipinski definition) is 3. The lowest BCUT2D eigenvalue weighted by Crippen LogP contribution is -2.24. The smallest absolute Gasteiger partial charge is 0.240 e. The first-order valence-electron chi connectivity index (χ1n) is 6.98. The molecule has 1 N–H and O–H groups in total. The number of phenols is 1. The third-order valence-corrected chi connectivity index (χ3v) is 3.71. The Morgan fingerprint density at radius 1 is 1.23 bits per heavy atom. The van der Waals surface area contributed by atoms with Gasteiger partial charge in [-0.25, -0.2) is 9.40 Å². The Morgan fingerprint density at radius 2 is 1.91 bits per heavy atom. The van der Waals surface area contributed by atoms with Gasteiger partial charge in [-0.3, -0.25) is 4.79 Å². The molecule has 2 aromatic carbocycles. The Balaban J connectivity index is 2.01. The number of phenolic OH excluding ortho intramolecular Hbond substituents is 1. The topological polar surface area (TPSA) is 52.9 Å². The van der Waals surface area contributed by atoms with Gasteiger partial charge in [-0.05, 0) is 12.1 Å². The monoisotopic (exact) mass is 298 g/mol. The van der Waals surface area contributed by atoms with Crippen LogP contribution >= 0.6 is 0 Å². The van der Waals surface area contributed by atoms with E-state index < -0.39 is 6.04 Å². The number of carbonyl (C=O) groups excluding carboxylic acids is 1. The van der Waals surface area contributed by atoms with E-state index in [1.165, 1.54) is 18.0 Å². The predicted octanol–water partition coefficient (Wildman–Crippen LogP) is 3.23. The van der Waals surface area contributed by atoms with Crippen LogP contribution in [-0.2, 0) is 4.79 Å². The van der Waals surface area contributed by atoms with Crippen molar-refractivity contribution in [1.82, 2.24) is 5.01 Å². The summed E-state index contributed by atoms with van der Waals surface area (Å²) in [5.41, 5.74) is 1.49. The van der Waals surface area contributed by atoms with E-state index in [1.54, 1.807) is 42.5 Å². The summed E-state index contributed by atoms with van der Waals surface area (Å²) in [5.74, 6) is -0.522. The highest BCUT2D eigenvalue weighted by atomic mass is 19.1. The van der Waals surface area contributed by atoms with Gasteiger partial charge in [-0.2, -0.15) is 5.10 Å².